The number of carbonyl (C=O) groups is 1. The third-order valence-corrected chi connectivity index (χ3v) is 4.43. The van der Waals surface area contributed by atoms with Crippen LogP contribution >= 0.6 is 0 Å². The van der Waals surface area contributed by atoms with Crippen molar-refractivity contribution in [1.82, 2.24) is 20.2 Å². The molecule has 7 nitrogen and oxygen atoms in total. The number of nitrogens with zero attached hydrogens (tertiary/aromatic N) is 4. The van der Waals surface area contributed by atoms with E-state index in [-0.39, 0.29) is 5.91 Å². The molecule has 1 aliphatic carbocycles. The van der Waals surface area contributed by atoms with Crippen molar-refractivity contribution in [3.8, 4) is 0 Å². The number of aromatic nitrogens is 2. The average Bonchev–Trinajstić information content (AvgIpc) is 3.43. The first-order valence-electron chi connectivity index (χ1n) is 8.65. The summed E-state index contributed by atoms with van der Waals surface area (Å²) in [6.45, 7) is 9.03. The Bertz CT molecular complexity index is 566. The first-order valence-corrected chi connectivity index (χ1v) is 8.65. The molecule has 130 valence electrons. The van der Waals surface area contributed by atoms with Crippen LogP contribution in [0.2, 0.25) is 0 Å². The Labute approximate surface area is 143 Å². The van der Waals surface area contributed by atoms with Crippen LogP contribution in [0.1, 0.15) is 12.8 Å². The molecule has 1 saturated heterocycles. The molecule has 24 heavy (non-hydrogen) atoms. The molecule has 0 spiro atoms. The quantitative estimate of drug-likeness (QED) is 0.685. The molecule has 3 rings (SSSR count). The first-order chi connectivity index (χ1) is 11.7. The highest BCUT2D eigenvalue weighted by Gasteiger charge is 2.22. The second-order valence-corrected chi connectivity index (χ2v) is 6.44. The Morgan fingerprint density at radius 3 is 2.79 bits per heavy atom. The predicted octanol–water partition coefficient (Wildman–Crippen LogP) is 0.723. The van der Waals surface area contributed by atoms with E-state index in [1.54, 1.807) is 12.4 Å². The maximum atomic E-state index is 11.8. The molecular formula is C17H26N6O. The summed E-state index contributed by atoms with van der Waals surface area (Å²) < 4.78 is 0. The standard InChI is InChI=1S/C17H26N6O/c1-2-5-18-17(24)12-22-6-8-23(9-7-22)16-10-15(20-13-21-16)19-11-14-3-4-14/h2,10,13-14H,1,3-9,11-12H2,(H,18,24)(H,19,20,21). The van der Waals surface area contributed by atoms with E-state index < -0.39 is 0 Å². The third kappa shape index (κ3) is 4.92. The van der Waals surface area contributed by atoms with Gasteiger partial charge in [-0.15, -0.1) is 6.58 Å². The molecule has 0 unspecified atom stereocenters. The van der Waals surface area contributed by atoms with Gasteiger partial charge in [-0.05, 0) is 18.8 Å². The van der Waals surface area contributed by atoms with E-state index in [9.17, 15) is 4.79 Å². The number of nitrogens with one attached hydrogen (secondary N) is 2. The molecule has 2 fully saturated rings. The molecule has 1 aromatic rings. The summed E-state index contributed by atoms with van der Waals surface area (Å²) in [6.07, 6.45) is 5.97. The minimum absolute atomic E-state index is 0.0527. The minimum Gasteiger partial charge on any atom is -0.370 e. The van der Waals surface area contributed by atoms with Gasteiger partial charge in [-0.2, -0.15) is 0 Å². The van der Waals surface area contributed by atoms with Crippen molar-refractivity contribution in [3.05, 3.63) is 25.0 Å². The van der Waals surface area contributed by atoms with Gasteiger partial charge in [0, 0.05) is 45.3 Å². The fourth-order valence-electron chi connectivity index (χ4n) is 2.77. The molecule has 0 atom stereocenters. The predicted molar refractivity (Wildman–Crippen MR) is 95.1 cm³/mol. The smallest absolute Gasteiger partial charge is 0.234 e. The minimum atomic E-state index is 0.0527. The normalized spacial score (nSPS) is 18.2. The van der Waals surface area contributed by atoms with Crippen molar-refractivity contribution < 1.29 is 4.79 Å². The maximum absolute atomic E-state index is 11.8. The molecule has 1 aliphatic heterocycles. The molecule has 0 aromatic carbocycles. The van der Waals surface area contributed by atoms with E-state index in [0.29, 0.717) is 13.1 Å². The van der Waals surface area contributed by atoms with Crippen LogP contribution in [0, 0.1) is 5.92 Å². The zero-order chi connectivity index (χ0) is 16.8. The van der Waals surface area contributed by atoms with Crippen LogP contribution in [0.25, 0.3) is 0 Å². The summed E-state index contributed by atoms with van der Waals surface area (Å²) in [7, 11) is 0. The van der Waals surface area contributed by atoms with Gasteiger partial charge in [0.15, 0.2) is 0 Å². The number of hydrogen-bond acceptors (Lipinski definition) is 6. The van der Waals surface area contributed by atoms with Gasteiger partial charge in [0.1, 0.15) is 18.0 Å². The molecule has 1 amide bonds. The lowest BCUT2D eigenvalue weighted by atomic mass is 10.3. The van der Waals surface area contributed by atoms with Crippen molar-refractivity contribution in [2.75, 3.05) is 56.0 Å². The number of carbonyl (C=O) groups excluding carboxylic acids is 1. The highest BCUT2D eigenvalue weighted by atomic mass is 16.2. The van der Waals surface area contributed by atoms with Crippen LogP contribution in [0.3, 0.4) is 0 Å². The Hall–Kier alpha value is -2.15. The van der Waals surface area contributed by atoms with Gasteiger partial charge in [0.05, 0.1) is 6.54 Å². The highest BCUT2D eigenvalue weighted by molar-refractivity contribution is 5.78. The second kappa shape index (κ2) is 8.10. The maximum Gasteiger partial charge on any atom is 0.234 e. The van der Waals surface area contributed by atoms with E-state index >= 15 is 0 Å². The van der Waals surface area contributed by atoms with Crippen molar-refractivity contribution in [1.29, 1.82) is 0 Å². The van der Waals surface area contributed by atoms with E-state index in [1.807, 2.05) is 6.07 Å². The van der Waals surface area contributed by atoms with E-state index in [2.05, 4.69) is 37.0 Å². The third-order valence-electron chi connectivity index (χ3n) is 4.43. The Morgan fingerprint density at radius 1 is 1.29 bits per heavy atom. The largest absolute Gasteiger partial charge is 0.370 e. The average molecular weight is 330 g/mol. The molecule has 2 N–H and O–H groups in total. The lowest BCUT2D eigenvalue weighted by Gasteiger charge is -2.35. The van der Waals surface area contributed by atoms with Crippen LogP contribution in [0.15, 0.2) is 25.0 Å². The summed E-state index contributed by atoms with van der Waals surface area (Å²) in [4.78, 5) is 24.9. The lowest BCUT2D eigenvalue weighted by Crippen LogP contribution is -2.49. The number of rotatable bonds is 8. The number of piperazine rings is 1. The van der Waals surface area contributed by atoms with E-state index in [1.165, 1.54) is 12.8 Å². The number of amides is 1. The van der Waals surface area contributed by atoms with Crippen LogP contribution in [0.5, 0.6) is 0 Å². The van der Waals surface area contributed by atoms with Gasteiger partial charge < -0.3 is 15.5 Å². The van der Waals surface area contributed by atoms with Crippen molar-refractivity contribution in [2.45, 2.75) is 12.8 Å². The molecule has 1 saturated carbocycles. The topological polar surface area (TPSA) is 73.4 Å². The Morgan fingerprint density at radius 2 is 2.08 bits per heavy atom. The number of hydrogen-bond donors (Lipinski definition) is 2. The van der Waals surface area contributed by atoms with Gasteiger partial charge in [-0.1, -0.05) is 6.08 Å². The second-order valence-electron chi connectivity index (χ2n) is 6.44. The molecule has 1 aromatic heterocycles. The van der Waals surface area contributed by atoms with Crippen LogP contribution in [0.4, 0.5) is 11.6 Å². The Kier molecular flexibility index (Phi) is 5.63. The molecule has 0 bridgehead atoms. The van der Waals surface area contributed by atoms with Crippen LogP contribution in [-0.2, 0) is 4.79 Å². The first kappa shape index (κ1) is 16.7. The SMILES string of the molecule is C=CCNC(=O)CN1CCN(c2cc(NCC3CC3)ncn2)CC1. The summed E-state index contributed by atoms with van der Waals surface area (Å²) in [5.41, 5.74) is 0. The number of anilines is 2. The zero-order valence-electron chi connectivity index (χ0n) is 14.1. The highest BCUT2D eigenvalue weighted by Crippen LogP contribution is 2.28. The Balaban J connectivity index is 1.46. The van der Waals surface area contributed by atoms with Crippen molar-refractivity contribution in [3.63, 3.8) is 0 Å². The molecule has 0 radical (unpaired) electrons. The van der Waals surface area contributed by atoms with E-state index in [0.717, 1.165) is 50.3 Å². The molecule has 2 heterocycles. The lowest BCUT2D eigenvalue weighted by molar-refractivity contribution is -0.122. The van der Waals surface area contributed by atoms with Gasteiger partial charge >= 0.3 is 0 Å². The van der Waals surface area contributed by atoms with Gasteiger partial charge in [0.25, 0.3) is 0 Å². The summed E-state index contributed by atoms with van der Waals surface area (Å²) >= 11 is 0. The zero-order valence-corrected chi connectivity index (χ0v) is 14.1. The van der Waals surface area contributed by atoms with E-state index in [4.69, 9.17) is 0 Å². The van der Waals surface area contributed by atoms with Crippen LogP contribution < -0.4 is 15.5 Å². The fraction of sp³-hybridized carbons (Fsp3) is 0.588. The van der Waals surface area contributed by atoms with Crippen molar-refractivity contribution in [2.24, 2.45) is 5.92 Å². The summed E-state index contributed by atoms with van der Waals surface area (Å²) in [6, 6.07) is 2.02. The summed E-state index contributed by atoms with van der Waals surface area (Å²) in [5, 5.41) is 6.21. The van der Waals surface area contributed by atoms with Crippen molar-refractivity contribution >= 4 is 17.5 Å². The van der Waals surface area contributed by atoms with Gasteiger partial charge in [-0.3, -0.25) is 9.69 Å². The molecular weight excluding hydrogens is 304 g/mol. The molecule has 7 heteroatoms. The summed E-state index contributed by atoms with van der Waals surface area (Å²) in [5.74, 6) is 2.73. The van der Waals surface area contributed by atoms with Gasteiger partial charge in [0.2, 0.25) is 5.91 Å². The fourth-order valence-corrected chi connectivity index (χ4v) is 2.77. The monoisotopic (exact) mass is 330 g/mol. The van der Waals surface area contributed by atoms with Gasteiger partial charge in [-0.25, -0.2) is 9.97 Å². The molecule has 2 aliphatic rings. The van der Waals surface area contributed by atoms with Crippen LogP contribution in [-0.4, -0.2) is 66.6 Å².